The van der Waals surface area contributed by atoms with Gasteiger partial charge in [-0.15, -0.1) is 0 Å². The van der Waals surface area contributed by atoms with Gasteiger partial charge in [0.1, 0.15) is 12.6 Å². The van der Waals surface area contributed by atoms with E-state index < -0.39 is 24.2 Å². The molecular weight excluding hydrogens is 238 g/mol. The number of hydrogen-bond donors (Lipinski definition) is 0. The van der Waals surface area contributed by atoms with E-state index >= 15 is 0 Å². The molecule has 1 fully saturated rings. The molecule has 0 saturated carbocycles. The number of carbonyl (C=O) groups is 3. The highest BCUT2D eigenvalue weighted by Crippen LogP contribution is 2.15. The number of imide groups is 1. The summed E-state index contributed by atoms with van der Waals surface area (Å²) in [7, 11) is 0. The van der Waals surface area contributed by atoms with Crippen molar-refractivity contribution in [3.05, 3.63) is 35.9 Å². The third-order valence-electron chi connectivity index (χ3n) is 2.51. The number of carbonyl (C=O) groups excluding carboxylic acids is 3. The van der Waals surface area contributed by atoms with Crippen LogP contribution in [0.1, 0.15) is 12.5 Å². The van der Waals surface area contributed by atoms with E-state index in [0.717, 1.165) is 5.56 Å². The van der Waals surface area contributed by atoms with Crippen molar-refractivity contribution in [1.29, 1.82) is 0 Å². The minimum atomic E-state index is -0.995. The summed E-state index contributed by atoms with van der Waals surface area (Å²) in [4.78, 5) is 34.6. The molecule has 1 atom stereocenters. The lowest BCUT2D eigenvalue weighted by Gasteiger charge is -2.14. The quantitative estimate of drug-likeness (QED) is 0.589. The Morgan fingerprint density at radius 3 is 2.56 bits per heavy atom. The van der Waals surface area contributed by atoms with Crippen molar-refractivity contribution in [1.82, 2.24) is 4.90 Å². The van der Waals surface area contributed by atoms with Crippen molar-refractivity contribution in [2.45, 2.75) is 19.6 Å². The van der Waals surface area contributed by atoms with Crippen molar-refractivity contribution < 1.29 is 23.9 Å². The van der Waals surface area contributed by atoms with Gasteiger partial charge in [0.2, 0.25) is 0 Å². The summed E-state index contributed by atoms with van der Waals surface area (Å²) in [5.74, 6) is -0.753. The molecule has 6 heteroatoms. The Hall–Kier alpha value is -2.37. The average Bonchev–Trinajstić information content (AvgIpc) is 2.62. The van der Waals surface area contributed by atoms with Crippen LogP contribution in [0, 0.1) is 0 Å². The zero-order chi connectivity index (χ0) is 13.1. The van der Waals surface area contributed by atoms with Crippen molar-refractivity contribution >= 4 is 18.2 Å². The van der Waals surface area contributed by atoms with Gasteiger partial charge in [-0.2, -0.15) is 4.90 Å². The number of esters is 1. The molecule has 94 valence electrons. The first-order valence-corrected chi connectivity index (χ1v) is 5.35. The van der Waals surface area contributed by atoms with E-state index in [9.17, 15) is 14.4 Å². The lowest BCUT2D eigenvalue weighted by molar-refractivity contribution is -0.135. The molecule has 0 N–H and O–H groups in total. The molecule has 18 heavy (non-hydrogen) atoms. The molecule has 6 nitrogen and oxygen atoms in total. The van der Waals surface area contributed by atoms with Gasteiger partial charge in [-0.25, -0.2) is 14.4 Å². The third-order valence-corrected chi connectivity index (χ3v) is 2.51. The second-order valence-corrected chi connectivity index (χ2v) is 3.77. The molecule has 1 aliphatic rings. The lowest BCUT2D eigenvalue weighted by atomic mass is 10.2. The summed E-state index contributed by atoms with van der Waals surface area (Å²) in [5.41, 5.74) is 0.789. The molecule has 1 aromatic carbocycles. The first-order valence-electron chi connectivity index (χ1n) is 5.35. The number of benzene rings is 1. The second kappa shape index (κ2) is 4.87. The summed E-state index contributed by atoms with van der Waals surface area (Å²) >= 11 is 0. The molecule has 1 heterocycles. The zero-order valence-corrected chi connectivity index (χ0v) is 9.66. The van der Waals surface area contributed by atoms with Gasteiger partial charge in [-0.05, 0) is 12.5 Å². The molecule has 0 radical (unpaired) electrons. The van der Waals surface area contributed by atoms with Crippen LogP contribution in [-0.4, -0.2) is 29.1 Å². The van der Waals surface area contributed by atoms with E-state index in [4.69, 9.17) is 4.74 Å². The fraction of sp³-hybridized carbons (Fsp3) is 0.250. The van der Waals surface area contributed by atoms with Crippen molar-refractivity contribution in [2.24, 2.45) is 0 Å². The summed E-state index contributed by atoms with van der Waals surface area (Å²) in [6.07, 6.45) is -1.88. The van der Waals surface area contributed by atoms with E-state index in [1.807, 2.05) is 6.07 Å². The van der Waals surface area contributed by atoms with Crippen molar-refractivity contribution in [3.8, 4) is 0 Å². The number of cyclic esters (lactones) is 2. The first kappa shape index (κ1) is 12.1. The van der Waals surface area contributed by atoms with Gasteiger partial charge in [-0.1, -0.05) is 30.3 Å². The Kier molecular flexibility index (Phi) is 3.27. The van der Waals surface area contributed by atoms with E-state index in [1.165, 1.54) is 6.92 Å². The molecule has 0 aromatic heterocycles. The third kappa shape index (κ3) is 2.32. The van der Waals surface area contributed by atoms with E-state index in [0.29, 0.717) is 4.90 Å². The maximum atomic E-state index is 11.6. The standard InChI is InChI=1S/C12H11NO5/c1-8-10(14)18-12(16)13(8)11(15)17-7-9-5-3-2-4-6-9/h2-6,8H,7H2,1H3/t8-/m0/s1. The van der Waals surface area contributed by atoms with E-state index in [1.54, 1.807) is 24.3 Å². The Bertz CT molecular complexity index is 485. The molecule has 1 aliphatic heterocycles. The molecule has 0 bridgehead atoms. The van der Waals surface area contributed by atoms with Crippen LogP contribution in [0.5, 0.6) is 0 Å². The molecule has 0 unspecified atom stereocenters. The summed E-state index contributed by atoms with van der Waals surface area (Å²) < 4.78 is 9.24. The van der Waals surface area contributed by atoms with Gasteiger partial charge in [0.05, 0.1) is 0 Å². The van der Waals surface area contributed by atoms with Crippen molar-refractivity contribution in [2.75, 3.05) is 0 Å². The van der Waals surface area contributed by atoms with Crippen LogP contribution in [0.3, 0.4) is 0 Å². The van der Waals surface area contributed by atoms with Gasteiger partial charge < -0.3 is 9.47 Å². The highest BCUT2D eigenvalue weighted by Gasteiger charge is 2.43. The predicted molar refractivity (Wildman–Crippen MR) is 59.4 cm³/mol. The molecule has 0 aliphatic carbocycles. The van der Waals surface area contributed by atoms with Crippen LogP contribution >= 0.6 is 0 Å². The fourth-order valence-electron chi connectivity index (χ4n) is 1.51. The number of nitrogens with zero attached hydrogens (tertiary/aromatic N) is 1. The van der Waals surface area contributed by atoms with Gasteiger partial charge >= 0.3 is 18.2 Å². The van der Waals surface area contributed by atoms with Crippen LogP contribution in [0.25, 0.3) is 0 Å². The Labute approximate surface area is 103 Å². The van der Waals surface area contributed by atoms with E-state index in [-0.39, 0.29) is 6.61 Å². The zero-order valence-electron chi connectivity index (χ0n) is 9.66. The van der Waals surface area contributed by atoms with Gasteiger partial charge in [0.15, 0.2) is 0 Å². The van der Waals surface area contributed by atoms with E-state index in [2.05, 4.69) is 4.74 Å². The summed E-state index contributed by atoms with van der Waals surface area (Å²) in [5, 5.41) is 0. The monoisotopic (exact) mass is 249 g/mol. The predicted octanol–water partition coefficient (Wildman–Crippen LogP) is 1.69. The topological polar surface area (TPSA) is 72.9 Å². The van der Waals surface area contributed by atoms with Crippen LogP contribution in [0.2, 0.25) is 0 Å². The molecule has 1 aromatic rings. The van der Waals surface area contributed by atoms with Crippen LogP contribution in [0.4, 0.5) is 9.59 Å². The Morgan fingerprint density at radius 2 is 2.00 bits per heavy atom. The number of amides is 2. The smallest absolute Gasteiger partial charge is 0.427 e. The van der Waals surface area contributed by atoms with Crippen molar-refractivity contribution in [3.63, 3.8) is 0 Å². The number of hydrogen-bond acceptors (Lipinski definition) is 5. The molecular formula is C12H11NO5. The molecule has 2 rings (SSSR count). The second-order valence-electron chi connectivity index (χ2n) is 3.77. The minimum absolute atomic E-state index is 0.0321. The fourth-order valence-corrected chi connectivity index (χ4v) is 1.51. The van der Waals surface area contributed by atoms with Crippen LogP contribution < -0.4 is 0 Å². The highest BCUT2D eigenvalue weighted by atomic mass is 16.6. The number of rotatable bonds is 2. The molecule has 1 saturated heterocycles. The van der Waals surface area contributed by atoms with Gasteiger partial charge in [0.25, 0.3) is 0 Å². The Balaban J connectivity index is 1.96. The lowest BCUT2D eigenvalue weighted by Crippen LogP contribution is -2.38. The molecule has 0 spiro atoms. The summed E-state index contributed by atoms with van der Waals surface area (Å²) in [6, 6.07) is 8.07. The maximum absolute atomic E-state index is 11.6. The maximum Gasteiger partial charge on any atom is 0.427 e. The largest absolute Gasteiger partial charge is 0.444 e. The van der Waals surface area contributed by atoms with Gasteiger partial charge in [0, 0.05) is 0 Å². The normalized spacial score (nSPS) is 18.7. The number of ether oxygens (including phenoxy) is 2. The van der Waals surface area contributed by atoms with Crippen LogP contribution in [-0.2, 0) is 20.9 Å². The van der Waals surface area contributed by atoms with Crippen LogP contribution in [0.15, 0.2) is 30.3 Å². The minimum Gasteiger partial charge on any atom is -0.444 e. The first-order chi connectivity index (χ1) is 8.59. The SMILES string of the molecule is C[C@H]1C(=O)OC(=O)N1C(=O)OCc1ccccc1. The molecule has 2 amide bonds. The highest BCUT2D eigenvalue weighted by molar-refractivity contribution is 6.03. The average molecular weight is 249 g/mol. The van der Waals surface area contributed by atoms with Gasteiger partial charge in [-0.3, -0.25) is 0 Å². The summed E-state index contributed by atoms with van der Waals surface area (Å²) in [6.45, 7) is 1.43. The Morgan fingerprint density at radius 1 is 1.33 bits per heavy atom.